The first-order valence-corrected chi connectivity index (χ1v) is 10.2. The lowest BCUT2D eigenvalue weighted by molar-refractivity contribution is -0.113. The highest BCUT2D eigenvalue weighted by Gasteiger charge is 2.34. The van der Waals surface area contributed by atoms with Gasteiger partial charge in [-0.1, -0.05) is 54.6 Å². The number of anilines is 1. The average Bonchev–Trinajstić information content (AvgIpc) is 3.15. The number of para-hydroxylation sites is 1. The highest BCUT2D eigenvalue weighted by Crippen LogP contribution is 2.32. The van der Waals surface area contributed by atoms with E-state index in [1.807, 2.05) is 66.7 Å². The summed E-state index contributed by atoms with van der Waals surface area (Å²) in [6.07, 6.45) is 1.80. The van der Waals surface area contributed by atoms with E-state index in [2.05, 4.69) is 0 Å². The third-order valence-corrected chi connectivity index (χ3v) is 5.41. The van der Waals surface area contributed by atoms with E-state index < -0.39 is 0 Å². The van der Waals surface area contributed by atoms with Gasteiger partial charge < -0.3 is 4.74 Å². The molecule has 0 aromatic heterocycles. The molecule has 1 aliphatic heterocycles. The Labute approximate surface area is 184 Å². The van der Waals surface area contributed by atoms with Gasteiger partial charge in [-0.05, 0) is 58.8 Å². The zero-order valence-corrected chi connectivity index (χ0v) is 17.3. The predicted molar refractivity (Wildman–Crippen MR) is 125 cm³/mol. The Bertz CT molecular complexity index is 1390. The Kier molecular flexibility index (Phi) is 5.00. The summed E-state index contributed by atoms with van der Waals surface area (Å²) in [5.74, 6) is 0.372. The zero-order chi connectivity index (χ0) is 22.1. The van der Waals surface area contributed by atoms with Crippen molar-refractivity contribution < 1.29 is 13.9 Å². The quantitative estimate of drug-likeness (QED) is 0.389. The number of rotatable bonds is 4. The van der Waals surface area contributed by atoms with Crippen molar-refractivity contribution in [2.75, 3.05) is 12.0 Å². The Morgan fingerprint density at radius 1 is 0.875 bits per heavy atom. The number of carbonyl (C=O) groups excluding carboxylic acids is 1. The molecule has 0 atom stereocenters. The van der Waals surface area contributed by atoms with E-state index in [1.54, 1.807) is 25.3 Å². The topological polar surface area (TPSA) is 41.9 Å². The molecule has 0 spiro atoms. The zero-order valence-electron chi connectivity index (χ0n) is 17.3. The number of ether oxygens (including phenoxy) is 1. The van der Waals surface area contributed by atoms with Crippen LogP contribution in [0.4, 0.5) is 10.1 Å². The summed E-state index contributed by atoms with van der Waals surface area (Å²) in [6.45, 7) is 0. The number of methoxy groups -OCH3 is 1. The molecule has 0 radical (unpaired) electrons. The molecule has 5 rings (SSSR count). The molecule has 0 saturated heterocycles. The van der Waals surface area contributed by atoms with Crippen LogP contribution in [0.3, 0.4) is 0 Å². The Morgan fingerprint density at radius 3 is 2.41 bits per heavy atom. The molecule has 1 heterocycles. The first kappa shape index (κ1) is 19.7. The number of benzene rings is 4. The van der Waals surface area contributed by atoms with Gasteiger partial charge in [0.25, 0.3) is 5.91 Å². The van der Waals surface area contributed by atoms with Gasteiger partial charge in [0, 0.05) is 0 Å². The van der Waals surface area contributed by atoms with Crippen LogP contribution in [0, 0.1) is 5.82 Å². The predicted octanol–water partition coefficient (Wildman–Crippen LogP) is 5.82. The van der Waals surface area contributed by atoms with Gasteiger partial charge in [0.2, 0.25) is 0 Å². The minimum absolute atomic E-state index is 0.287. The van der Waals surface area contributed by atoms with Crippen LogP contribution in [0.15, 0.2) is 102 Å². The average molecular weight is 422 g/mol. The molecule has 1 amide bonds. The highest BCUT2D eigenvalue weighted by molar-refractivity contribution is 6.33. The molecule has 4 nitrogen and oxygen atoms in total. The smallest absolute Gasteiger partial charge is 0.282 e. The molecule has 0 aliphatic carbocycles. The van der Waals surface area contributed by atoms with Gasteiger partial charge in [0.1, 0.15) is 17.3 Å². The summed E-state index contributed by atoms with van der Waals surface area (Å²) in [5, 5.41) is 2.11. The lowest BCUT2D eigenvalue weighted by Gasteiger charge is -2.19. The maximum Gasteiger partial charge on any atom is 0.282 e. The molecule has 0 saturated carbocycles. The summed E-state index contributed by atoms with van der Waals surface area (Å²) in [4.78, 5) is 19.7. The SMILES string of the molecule is COc1ccccc1C1=N/C(=C/c2cccc3ccccc23)C(=O)N1c1ccc(F)cc1. The third kappa shape index (κ3) is 3.44. The second kappa shape index (κ2) is 8.12. The minimum Gasteiger partial charge on any atom is -0.496 e. The third-order valence-electron chi connectivity index (χ3n) is 5.41. The summed E-state index contributed by atoms with van der Waals surface area (Å²) in [6, 6.07) is 27.1. The van der Waals surface area contributed by atoms with Crippen LogP contribution in [0.25, 0.3) is 16.8 Å². The van der Waals surface area contributed by atoms with Gasteiger partial charge >= 0.3 is 0 Å². The summed E-state index contributed by atoms with van der Waals surface area (Å²) < 4.78 is 19.1. The molecule has 5 heteroatoms. The maximum absolute atomic E-state index is 13.6. The second-order valence-corrected chi connectivity index (χ2v) is 7.35. The number of amides is 1. The molecule has 0 bridgehead atoms. The number of halogens is 1. The highest BCUT2D eigenvalue weighted by atomic mass is 19.1. The fraction of sp³-hybridized carbons (Fsp3) is 0.0370. The van der Waals surface area contributed by atoms with Crippen molar-refractivity contribution >= 4 is 34.3 Å². The normalized spacial score (nSPS) is 14.8. The number of aliphatic imine (C=N–C) groups is 1. The van der Waals surface area contributed by atoms with E-state index in [4.69, 9.17) is 9.73 Å². The minimum atomic E-state index is -0.373. The van der Waals surface area contributed by atoms with Crippen molar-refractivity contribution in [3.05, 3.63) is 114 Å². The number of fused-ring (bicyclic) bond motifs is 1. The number of carbonyl (C=O) groups is 1. The van der Waals surface area contributed by atoms with Crippen LogP contribution < -0.4 is 9.64 Å². The maximum atomic E-state index is 13.6. The molecule has 0 N–H and O–H groups in total. The van der Waals surface area contributed by atoms with Crippen LogP contribution in [-0.4, -0.2) is 18.9 Å². The molecular formula is C27H19FN2O2. The van der Waals surface area contributed by atoms with Gasteiger partial charge in [-0.25, -0.2) is 9.38 Å². The monoisotopic (exact) mass is 422 g/mol. The lowest BCUT2D eigenvalue weighted by Crippen LogP contribution is -2.32. The fourth-order valence-electron chi connectivity index (χ4n) is 3.88. The number of hydrogen-bond donors (Lipinski definition) is 0. The molecule has 0 fully saturated rings. The van der Waals surface area contributed by atoms with E-state index >= 15 is 0 Å². The van der Waals surface area contributed by atoms with Gasteiger partial charge in [0.05, 0.1) is 18.4 Å². The Hall–Kier alpha value is -4.25. The van der Waals surface area contributed by atoms with Crippen molar-refractivity contribution in [2.24, 2.45) is 4.99 Å². The standard InChI is InChI=1S/C27H19FN2O2/c1-32-25-12-5-4-11-23(25)26-29-24(27(31)30(26)21-15-13-20(28)14-16-21)17-19-9-6-8-18-7-2-3-10-22(18)19/h2-17H,1H3/b24-17+. The van der Waals surface area contributed by atoms with Gasteiger partial charge in [-0.2, -0.15) is 0 Å². The molecule has 4 aromatic carbocycles. The second-order valence-electron chi connectivity index (χ2n) is 7.35. The van der Waals surface area contributed by atoms with Crippen molar-refractivity contribution in [1.82, 2.24) is 0 Å². The lowest BCUT2D eigenvalue weighted by atomic mass is 10.0. The van der Waals surface area contributed by atoms with E-state index in [-0.39, 0.29) is 11.7 Å². The van der Waals surface area contributed by atoms with Crippen LogP contribution >= 0.6 is 0 Å². The Morgan fingerprint density at radius 2 is 1.59 bits per heavy atom. The fourth-order valence-corrected chi connectivity index (χ4v) is 3.88. The van der Waals surface area contributed by atoms with E-state index in [0.29, 0.717) is 28.5 Å². The molecule has 1 aliphatic rings. The van der Waals surface area contributed by atoms with Crippen molar-refractivity contribution in [3.8, 4) is 5.75 Å². The van der Waals surface area contributed by atoms with E-state index in [1.165, 1.54) is 17.0 Å². The summed E-state index contributed by atoms with van der Waals surface area (Å²) >= 11 is 0. The molecule has 4 aromatic rings. The van der Waals surface area contributed by atoms with Crippen LogP contribution in [0.5, 0.6) is 5.75 Å². The first-order chi connectivity index (χ1) is 15.7. The largest absolute Gasteiger partial charge is 0.496 e. The summed E-state index contributed by atoms with van der Waals surface area (Å²) in [5.41, 5.74) is 2.40. The van der Waals surface area contributed by atoms with Crippen molar-refractivity contribution in [3.63, 3.8) is 0 Å². The molecular weight excluding hydrogens is 403 g/mol. The van der Waals surface area contributed by atoms with Crippen LogP contribution in [0.1, 0.15) is 11.1 Å². The molecule has 0 unspecified atom stereocenters. The first-order valence-electron chi connectivity index (χ1n) is 10.2. The van der Waals surface area contributed by atoms with Gasteiger partial charge in [-0.3, -0.25) is 9.69 Å². The summed E-state index contributed by atoms with van der Waals surface area (Å²) in [7, 11) is 1.57. The van der Waals surface area contributed by atoms with Crippen molar-refractivity contribution in [1.29, 1.82) is 0 Å². The van der Waals surface area contributed by atoms with Crippen molar-refractivity contribution in [2.45, 2.75) is 0 Å². The Balaban J connectivity index is 1.69. The van der Waals surface area contributed by atoms with E-state index in [9.17, 15) is 9.18 Å². The molecule has 32 heavy (non-hydrogen) atoms. The van der Waals surface area contributed by atoms with Gasteiger partial charge in [-0.15, -0.1) is 0 Å². The van der Waals surface area contributed by atoms with Crippen LogP contribution in [0.2, 0.25) is 0 Å². The molecule has 156 valence electrons. The number of amidine groups is 1. The van der Waals surface area contributed by atoms with Gasteiger partial charge in [0.15, 0.2) is 5.84 Å². The van der Waals surface area contributed by atoms with Crippen LogP contribution in [-0.2, 0) is 4.79 Å². The number of hydrogen-bond acceptors (Lipinski definition) is 3. The van der Waals surface area contributed by atoms with E-state index in [0.717, 1.165) is 16.3 Å². The number of nitrogens with zero attached hydrogens (tertiary/aromatic N) is 2.